The number of hydrogen-bond acceptors (Lipinski definition) is 3. The number of anilines is 3. The Bertz CT molecular complexity index is 641. The van der Waals surface area contributed by atoms with Crippen molar-refractivity contribution >= 4 is 34.6 Å². The molecule has 0 aromatic heterocycles. The molecule has 20 heavy (non-hydrogen) atoms. The Morgan fingerprint density at radius 3 is 2.50 bits per heavy atom. The largest absolute Gasteiger partial charge is 0.397 e. The van der Waals surface area contributed by atoms with Gasteiger partial charge in [-0.25, -0.2) is 0 Å². The van der Waals surface area contributed by atoms with Gasteiger partial charge in [0.05, 0.1) is 22.1 Å². The molecule has 4 nitrogen and oxygen atoms in total. The number of benzene rings is 2. The average molecular weight is 290 g/mol. The predicted octanol–water partition coefficient (Wildman–Crippen LogP) is 3.24. The highest BCUT2D eigenvalue weighted by Crippen LogP contribution is 2.24. The number of rotatable bonds is 3. The lowest BCUT2D eigenvalue weighted by molar-refractivity contribution is 0.102. The second-order valence-electron chi connectivity index (χ2n) is 4.60. The van der Waals surface area contributed by atoms with E-state index in [2.05, 4.69) is 5.32 Å². The summed E-state index contributed by atoms with van der Waals surface area (Å²) in [6, 6.07) is 12.3. The highest BCUT2D eigenvalue weighted by Gasteiger charge is 2.10. The molecule has 0 radical (unpaired) electrons. The maximum atomic E-state index is 12.2. The molecule has 104 valence electrons. The van der Waals surface area contributed by atoms with Crippen LogP contribution in [0.2, 0.25) is 5.02 Å². The molecule has 0 saturated carbocycles. The molecule has 2 aromatic rings. The van der Waals surface area contributed by atoms with Crippen molar-refractivity contribution in [1.82, 2.24) is 0 Å². The second kappa shape index (κ2) is 5.84. The van der Waals surface area contributed by atoms with E-state index in [0.29, 0.717) is 22.0 Å². The Balaban J connectivity index is 2.22. The number of para-hydroxylation sites is 1. The zero-order valence-corrected chi connectivity index (χ0v) is 12.1. The van der Waals surface area contributed by atoms with E-state index < -0.39 is 0 Å². The molecule has 3 N–H and O–H groups in total. The fourth-order valence-electron chi connectivity index (χ4n) is 1.86. The van der Waals surface area contributed by atoms with Crippen LogP contribution in [0, 0.1) is 0 Å². The van der Waals surface area contributed by atoms with Crippen molar-refractivity contribution in [3.05, 3.63) is 53.1 Å². The number of halogens is 1. The highest BCUT2D eigenvalue weighted by molar-refractivity contribution is 6.33. The number of amides is 1. The van der Waals surface area contributed by atoms with Crippen LogP contribution in [-0.4, -0.2) is 20.0 Å². The number of nitrogens with one attached hydrogen (secondary N) is 1. The summed E-state index contributed by atoms with van der Waals surface area (Å²) >= 11 is 6.01. The average Bonchev–Trinajstić information content (AvgIpc) is 2.40. The molecule has 0 atom stereocenters. The number of carbonyl (C=O) groups is 1. The third kappa shape index (κ3) is 3.03. The van der Waals surface area contributed by atoms with Gasteiger partial charge in [-0.1, -0.05) is 23.7 Å². The number of nitrogens with zero attached hydrogens (tertiary/aromatic N) is 1. The topological polar surface area (TPSA) is 58.4 Å². The summed E-state index contributed by atoms with van der Waals surface area (Å²) in [6.45, 7) is 0. The van der Waals surface area contributed by atoms with E-state index >= 15 is 0 Å². The third-order valence-electron chi connectivity index (χ3n) is 2.89. The van der Waals surface area contributed by atoms with Gasteiger partial charge in [0, 0.05) is 19.7 Å². The fraction of sp³-hybridized carbons (Fsp3) is 0.133. The van der Waals surface area contributed by atoms with Gasteiger partial charge in [-0.3, -0.25) is 4.79 Å². The summed E-state index contributed by atoms with van der Waals surface area (Å²) in [5.41, 5.74) is 8.44. The summed E-state index contributed by atoms with van der Waals surface area (Å²) in [5, 5.41) is 3.26. The number of carbonyl (C=O) groups excluding carboxylic acids is 1. The van der Waals surface area contributed by atoms with Gasteiger partial charge in [0.1, 0.15) is 0 Å². The Kier molecular flexibility index (Phi) is 4.15. The van der Waals surface area contributed by atoms with E-state index in [9.17, 15) is 4.79 Å². The lowest BCUT2D eigenvalue weighted by Gasteiger charge is -2.16. The van der Waals surface area contributed by atoms with Crippen LogP contribution in [0.25, 0.3) is 0 Å². The SMILES string of the molecule is CN(C)c1ccc(C(=O)Nc2ccccc2Cl)cc1N. The molecule has 2 aromatic carbocycles. The van der Waals surface area contributed by atoms with Crippen molar-refractivity contribution in [1.29, 1.82) is 0 Å². The van der Waals surface area contributed by atoms with Gasteiger partial charge < -0.3 is 16.0 Å². The zero-order valence-electron chi connectivity index (χ0n) is 11.4. The van der Waals surface area contributed by atoms with E-state index in [4.69, 9.17) is 17.3 Å². The van der Waals surface area contributed by atoms with Crippen LogP contribution >= 0.6 is 11.6 Å². The van der Waals surface area contributed by atoms with E-state index in [1.54, 1.807) is 24.3 Å². The van der Waals surface area contributed by atoms with E-state index in [1.165, 1.54) is 0 Å². The lowest BCUT2D eigenvalue weighted by atomic mass is 10.1. The van der Waals surface area contributed by atoms with Gasteiger partial charge in [-0.2, -0.15) is 0 Å². The van der Waals surface area contributed by atoms with Crippen molar-refractivity contribution in [3.63, 3.8) is 0 Å². The van der Waals surface area contributed by atoms with E-state index in [1.807, 2.05) is 37.2 Å². The molecule has 0 fully saturated rings. The molecule has 0 aliphatic carbocycles. The van der Waals surface area contributed by atoms with Gasteiger partial charge in [0.25, 0.3) is 5.91 Å². The van der Waals surface area contributed by atoms with Crippen molar-refractivity contribution in [2.24, 2.45) is 0 Å². The van der Waals surface area contributed by atoms with Crippen LogP contribution < -0.4 is 16.0 Å². The summed E-state index contributed by atoms with van der Waals surface area (Å²) < 4.78 is 0. The van der Waals surface area contributed by atoms with Crippen LogP contribution in [-0.2, 0) is 0 Å². The minimum Gasteiger partial charge on any atom is -0.397 e. The number of hydrogen-bond donors (Lipinski definition) is 2. The zero-order chi connectivity index (χ0) is 14.7. The van der Waals surface area contributed by atoms with Crippen LogP contribution in [0.15, 0.2) is 42.5 Å². The molecule has 1 amide bonds. The summed E-state index contributed by atoms with van der Waals surface area (Å²) in [5.74, 6) is -0.241. The first-order valence-corrected chi connectivity index (χ1v) is 6.49. The molecule has 0 bridgehead atoms. The van der Waals surface area contributed by atoms with Gasteiger partial charge in [-0.05, 0) is 30.3 Å². The monoisotopic (exact) mass is 289 g/mol. The van der Waals surface area contributed by atoms with Crippen molar-refractivity contribution in [2.75, 3.05) is 30.0 Å². The molecule has 2 rings (SSSR count). The summed E-state index contributed by atoms with van der Waals surface area (Å²) in [6.07, 6.45) is 0. The predicted molar refractivity (Wildman–Crippen MR) is 84.6 cm³/mol. The molecule has 0 saturated heterocycles. The molecule has 0 heterocycles. The highest BCUT2D eigenvalue weighted by atomic mass is 35.5. The van der Waals surface area contributed by atoms with Gasteiger partial charge in [-0.15, -0.1) is 0 Å². The second-order valence-corrected chi connectivity index (χ2v) is 5.01. The first kappa shape index (κ1) is 14.2. The molecule has 0 aliphatic heterocycles. The first-order chi connectivity index (χ1) is 9.49. The van der Waals surface area contributed by atoms with Gasteiger partial charge in [0.15, 0.2) is 0 Å². The Morgan fingerprint density at radius 2 is 1.90 bits per heavy atom. The quantitative estimate of drug-likeness (QED) is 0.853. The minimum absolute atomic E-state index is 0.241. The lowest BCUT2D eigenvalue weighted by Crippen LogP contribution is -2.15. The van der Waals surface area contributed by atoms with Crippen LogP contribution in [0.1, 0.15) is 10.4 Å². The Labute approximate surface area is 123 Å². The molecular weight excluding hydrogens is 274 g/mol. The van der Waals surface area contributed by atoms with Crippen molar-refractivity contribution in [2.45, 2.75) is 0 Å². The van der Waals surface area contributed by atoms with E-state index in [-0.39, 0.29) is 5.91 Å². The van der Waals surface area contributed by atoms with Gasteiger partial charge >= 0.3 is 0 Å². The first-order valence-electron chi connectivity index (χ1n) is 6.12. The molecule has 0 spiro atoms. The van der Waals surface area contributed by atoms with Crippen molar-refractivity contribution in [3.8, 4) is 0 Å². The van der Waals surface area contributed by atoms with Crippen molar-refractivity contribution < 1.29 is 4.79 Å². The Hall–Kier alpha value is -2.20. The summed E-state index contributed by atoms with van der Waals surface area (Å²) in [4.78, 5) is 14.1. The third-order valence-corrected chi connectivity index (χ3v) is 3.22. The van der Waals surface area contributed by atoms with Crippen LogP contribution in [0.4, 0.5) is 17.1 Å². The minimum atomic E-state index is -0.241. The van der Waals surface area contributed by atoms with Gasteiger partial charge in [0.2, 0.25) is 0 Å². The van der Waals surface area contributed by atoms with Crippen LogP contribution in [0.5, 0.6) is 0 Å². The molecule has 0 unspecified atom stereocenters. The summed E-state index contributed by atoms with van der Waals surface area (Å²) in [7, 11) is 3.80. The number of nitrogen functional groups attached to an aromatic ring is 1. The molecule has 0 aliphatic rings. The normalized spacial score (nSPS) is 10.2. The van der Waals surface area contributed by atoms with Crippen LogP contribution in [0.3, 0.4) is 0 Å². The standard InChI is InChI=1S/C15H16ClN3O/c1-19(2)14-8-7-10(9-12(14)17)15(20)18-13-6-4-3-5-11(13)16/h3-9H,17H2,1-2H3,(H,18,20). The molecule has 5 heteroatoms. The number of nitrogens with two attached hydrogens (primary N) is 1. The maximum absolute atomic E-state index is 12.2. The molecular formula is C15H16ClN3O. The maximum Gasteiger partial charge on any atom is 0.255 e. The fourth-order valence-corrected chi connectivity index (χ4v) is 2.04. The van der Waals surface area contributed by atoms with E-state index in [0.717, 1.165) is 5.69 Å². The Morgan fingerprint density at radius 1 is 1.20 bits per heavy atom. The smallest absolute Gasteiger partial charge is 0.255 e.